The van der Waals surface area contributed by atoms with Crippen LogP contribution in [0.25, 0.3) is 17.2 Å². The number of aromatic carboxylic acids is 1. The van der Waals surface area contributed by atoms with E-state index in [1.807, 2.05) is 0 Å². The van der Waals surface area contributed by atoms with Crippen molar-refractivity contribution in [3.05, 3.63) is 82.2 Å². The van der Waals surface area contributed by atoms with Crippen molar-refractivity contribution in [2.45, 2.75) is 6.54 Å². The maximum absolute atomic E-state index is 14.0. The van der Waals surface area contributed by atoms with Crippen molar-refractivity contribution in [3.63, 3.8) is 0 Å². The summed E-state index contributed by atoms with van der Waals surface area (Å²) in [6.45, 7) is 4.10. The van der Waals surface area contributed by atoms with Gasteiger partial charge in [-0.15, -0.1) is 0 Å². The van der Waals surface area contributed by atoms with Crippen molar-refractivity contribution < 1.29 is 37.4 Å². The van der Waals surface area contributed by atoms with E-state index in [1.54, 1.807) is 24.3 Å². The first kappa shape index (κ1) is 28.9. The summed E-state index contributed by atoms with van der Waals surface area (Å²) >= 11 is 6.47. The molecule has 2 saturated heterocycles. The van der Waals surface area contributed by atoms with Gasteiger partial charge in [-0.2, -0.15) is 0 Å². The molecule has 3 aromatic rings. The minimum absolute atomic E-state index is 0.0362. The van der Waals surface area contributed by atoms with Crippen LogP contribution in [-0.2, 0) is 16.1 Å². The predicted molar refractivity (Wildman–Crippen MR) is 152 cm³/mol. The van der Waals surface area contributed by atoms with Crippen molar-refractivity contribution in [3.8, 4) is 16.9 Å². The average molecular weight is 602 g/mol. The van der Waals surface area contributed by atoms with Crippen molar-refractivity contribution in [2.75, 3.05) is 39.5 Å². The lowest BCUT2D eigenvalue weighted by molar-refractivity contribution is -0.124. The number of carbonyl (C=O) groups is 2. The maximum Gasteiger partial charge on any atom is 0.371 e. The van der Waals surface area contributed by atoms with Gasteiger partial charge in [-0.05, 0) is 53.6 Å². The minimum Gasteiger partial charge on any atom is -0.492 e. The van der Waals surface area contributed by atoms with E-state index in [0.717, 1.165) is 37.0 Å². The number of furan rings is 1. The number of carbonyl (C=O) groups excluding carboxylic acids is 1. The Bertz CT molecular complexity index is 1510. The molecule has 0 radical (unpaired) electrons. The molecule has 1 aromatic heterocycles. The lowest BCUT2D eigenvalue weighted by atomic mass is 10.0. The second kappa shape index (κ2) is 12.9. The van der Waals surface area contributed by atoms with Crippen molar-refractivity contribution >= 4 is 46.3 Å². The van der Waals surface area contributed by atoms with E-state index in [9.17, 15) is 18.4 Å². The molecule has 0 spiro atoms. The zero-order chi connectivity index (χ0) is 28.9. The van der Waals surface area contributed by atoms with E-state index >= 15 is 0 Å². The number of halogens is 2. The summed E-state index contributed by atoms with van der Waals surface area (Å²) in [4.78, 5) is 26.8. The lowest BCUT2D eigenvalue weighted by Crippen LogP contribution is -2.40. The van der Waals surface area contributed by atoms with E-state index in [2.05, 4.69) is 10.3 Å². The summed E-state index contributed by atoms with van der Waals surface area (Å²) < 4.78 is 44.4. The number of amides is 1. The van der Waals surface area contributed by atoms with Crippen LogP contribution < -0.4 is 10.2 Å². The zero-order valence-corrected chi connectivity index (χ0v) is 23.2. The number of carboxylic acids is 1. The average Bonchev–Trinajstić information content (AvgIpc) is 3.54. The Morgan fingerprint density at radius 2 is 1.85 bits per heavy atom. The van der Waals surface area contributed by atoms with Gasteiger partial charge in [-0.25, -0.2) is 24.0 Å². The van der Waals surface area contributed by atoms with Crippen LogP contribution in [0.4, 0.5) is 8.78 Å². The number of ether oxygens (including phenoxy) is 2. The molecule has 13 heteroatoms. The van der Waals surface area contributed by atoms with E-state index in [4.69, 9.17) is 31.2 Å². The Balaban J connectivity index is 1.36. The SMILES string of the molecule is O=C(O)c1ccc(CNN2C(=O)/C(=C/c3cc(-c4ccc(F)c(F)c4)ccc3OCCN3CCOCC3)SC2=S)o1. The highest BCUT2D eigenvalue weighted by molar-refractivity contribution is 8.26. The van der Waals surface area contributed by atoms with E-state index in [1.165, 1.54) is 23.2 Å². The smallest absolute Gasteiger partial charge is 0.371 e. The summed E-state index contributed by atoms with van der Waals surface area (Å²) in [7, 11) is 0. The molecule has 0 bridgehead atoms. The Kier molecular flexibility index (Phi) is 9.10. The van der Waals surface area contributed by atoms with E-state index < -0.39 is 23.5 Å². The van der Waals surface area contributed by atoms with Gasteiger partial charge in [0, 0.05) is 25.2 Å². The summed E-state index contributed by atoms with van der Waals surface area (Å²) in [5.41, 5.74) is 4.50. The largest absolute Gasteiger partial charge is 0.492 e. The van der Waals surface area contributed by atoms with Gasteiger partial charge in [0.2, 0.25) is 5.76 Å². The van der Waals surface area contributed by atoms with Crippen LogP contribution >= 0.6 is 24.0 Å². The lowest BCUT2D eigenvalue weighted by Gasteiger charge is -2.26. The summed E-state index contributed by atoms with van der Waals surface area (Å²) in [5.74, 6) is -2.90. The molecule has 0 unspecified atom stereocenters. The van der Waals surface area contributed by atoms with Gasteiger partial charge in [0.15, 0.2) is 16.0 Å². The Morgan fingerprint density at radius 1 is 1.10 bits per heavy atom. The fraction of sp³-hybridized carbons (Fsp3) is 0.250. The molecule has 214 valence electrons. The highest BCUT2D eigenvalue weighted by Crippen LogP contribution is 2.35. The van der Waals surface area contributed by atoms with Crippen LogP contribution in [-0.4, -0.2) is 70.7 Å². The van der Waals surface area contributed by atoms with Gasteiger partial charge in [0.1, 0.15) is 18.1 Å². The molecule has 2 aliphatic rings. The first-order chi connectivity index (χ1) is 19.8. The van der Waals surface area contributed by atoms with Crippen molar-refractivity contribution in [2.24, 2.45) is 0 Å². The Labute approximate surface area is 243 Å². The van der Waals surface area contributed by atoms with Gasteiger partial charge >= 0.3 is 5.97 Å². The molecule has 1 amide bonds. The normalized spacial score (nSPS) is 17.0. The number of nitrogens with one attached hydrogen (secondary N) is 1. The topological polar surface area (TPSA) is 104 Å². The number of carboxylic acid groups (broad SMARTS) is 1. The van der Waals surface area contributed by atoms with Crippen molar-refractivity contribution in [1.82, 2.24) is 15.3 Å². The molecule has 5 rings (SSSR count). The summed E-state index contributed by atoms with van der Waals surface area (Å²) in [5, 5.41) is 10.2. The molecule has 3 heterocycles. The number of morpholine rings is 1. The maximum atomic E-state index is 14.0. The number of thioether (sulfide) groups is 1. The molecule has 9 nitrogen and oxygen atoms in total. The standard InChI is InChI=1S/C28H25F2N3O6S2/c29-21-4-1-18(14-22(21)30)17-2-5-23(38-12-9-32-7-10-37-11-8-32)19(13-17)15-25-26(34)33(28(40)41-25)31-16-20-3-6-24(39-20)27(35)36/h1-6,13-15,31H,7-12,16H2,(H,35,36)/b25-15-. The third-order valence-electron chi connectivity index (χ3n) is 6.40. The van der Waals surface area contributed by atoms with Gasteiger partial charge in [-0.1, -0.05) is 36.1 Å². The van der Waals surface area contributed by atoms with Crippen LogP contribution in [0, 0.1) is 11.6 Å². The van der Waals surface area contributed by atoms with Crippen LogP contribution in [0.1, 0.15) is 21.9 Å². The quantitative estimate of drug-likeness (QED) is 0.254. The first-order valence-electron chi connectivity index (χ1n) is 12.6. The predicted octanol–water partition coefficient (Wildman–Crippen LogP) is 4.54. The molecular formula is C28H25F2N3O6S2. The number of hydrogen-bond acceptors (Lipinski definition) is 9. The van der Waals surface area contributed by atoms with Crippen LogP contribution in [0.15, 0.2) is 57.9 Å². The monoisotopic (exact) mass is 601 g/mol. The fourth-order valence-electron chi connectivity index (χ4n) is 4.25. The minimum atomic E-state index is -1.20. The number of rotatable bonds is 10. The van der Waals surface area contributed by atoms with E-state index in [0.29, 0.717) is 59.5 Å². The summed E-state index contributed by atoms with van der Waals surface area (Å²) in [6, 6.07) is 11.7. The Hall–Kier alpha value is -3.62. The number of nitrogens with zero attached hydrogens (tertiary/aromatic N) is 2. The highest BCUT2D eigenvalue weighted by Gasteiger charge is 2.32. The third-order valence-corrected chi connectivity index (χ3v) is 7.70. The Morgan fingerprint density at radius 3 is 2.59 bits per heavy atom. The number of benzene rings is 2. The van der Waals surface area contributed by atoms with Gasteiger partial charge in [-0.3, -0.25) is 9.69 Å². The molecule has 41 heavy (non-hydrogen) atoms. The van der Waals surface area contributed by atoms with Crippen molar-refractivity contribution in [1.29, 1.82) is 0 Å². The van der Waals surface area contributed by atoms with Crippen LogP contribution in [0.5, 0.6) is 5.75 Å². The number of hydrazine groups is 1. The first-order valence-corrected chi connectivity index (χ1v) is 13.9. The zero-order valence-electron chi connectivity index (χ0n) is 21.6. The van der Waals surface area contributed by atoms with Gasteiger partial charge in [0.05, 0.1) is 24.7 Å². The molecular weight excluding hydrogens is 576 g/mol. The van der Waals surface area contributed by atoms with Crippen LogP contribution in [0.2, 0.25) is 0 Å². The van der Waals surface area contributed by atoms with Gasteiger partial charge in [0.25, 0.3) is 5.91 Å². The fourth-order valence-corrected chi connectivity index (χ4v) is 5.46. The second-order valence-corrected chi connectivity index (χ2v) is 10.8. The van der Waals surface area contributed by atoms with Gasteiger partial charge < -0.3 is 19.0 Å². The number of hydrogen-bond donors (Lipinski definition) is 2. The molecule has 2 aromatic carbocycles. The second-order valence-electron chi connectivity index (χ2n) is 9.11. The van der Waals surface area contributed by atoms with Crippen LogP contribution in [0.3, 0.4) is 0 Å². The molecule has 0 aliphatic carbocycles. The summed E-state index contributed by atoms with van der Waals surface area (Å²) in [6.07, 6.45) is 1.64. The highest BCUT2D eigenvalue weighted by atomic mass is 32.2. The molecule has 2 N–H and O–H groups in total. The number of thiocarbonyl (C=S) groups is 1. The molecule has 2 fully saturated rings. The molecule has 2 aliphatic heterocycles. The van der Waals surface area contributed by atoms with E-state index in [-0.39, 0.29) is 16.6 Å². The third kappa shape index (κ3) is 7.00. The molecule has 0 atom stereocenters. The molecule has 0 saturated carbocycles.